The molecule has 0 aliphatic carbocycles. The van der Waals surface area contributed by atoms with Crippen LogP contribution >= 0.6 is 7.82 Å². The molecule has 0 aliphatic rings. The van der Waals surface area contributed by atoms with Crippen LogP contribution in [0.25, 0.3) is 0 Å². The molecule has 0 fully saturated rings. The van der Waals surface area contributed by atoms with Gasteiger partial charge in [-0.1, -0.05) is 179 Å². The van der Waals surface area contributed by atoms with E-state index in [1.54, 1.807) is 7.05 Å². The van der Waals surface area contributed by atoms with Crippen LogP contribution in [0.4, 0.5) is 0 Å². The first-order valence-corrected chi connectivity index (χ1v) is 26.4. The molecule has 2 unspecified atom stereocenters. The number of rotatable bonds is 42. The highest BCUT2D eigenvalue weighted by molar-refractivity contribution is 7.47. The van der Waals surface area contributed by atoms with Crippen molar-refractivity contribution < 1.29 is 37.6 Å². The highest BCUT2D eigenvalue weighted by atomic mass is 31.2. The van der Waals surface area contributed by atoms with E-state index in [1.807, 2.05) is 0 Å². The van der Waals surface area contributed by atoms with E-state index in [1.165, 1.54) is 103 Å². The normalized spacial score (nSPS) is 12.0. The third kappa shape index (κ3) is 46.7. The van der Waals surface area contributed by atoms with Gasteiger partial charge in [0.2, 0.25) is 0 Å². The summed E-state index contributed by atoms with van der Waals surface area (Å²) in [6.07, 6.45) is 35.5. The molecule has 0 rings (SSSR count). The number of hydrogen-bond acceptors (Lipinski definition) is 8. The van der Waals surface area contributed by atoms with Crippen LogP contribution in [0.3, 0.4) is 0 Å². The van der Waals surface area contributed by atoms with Gasteiger partial charge < -0.3 is 19.7 Å². The zero-order valence-electron chi connectivity index (χ0n) is 39.7. The van der Waals surface area contributed by atoms with Crippen LogP contribution in [0.1, 0.15) is 232 Å². The van der Waals surface area contributed by atoms with Crippen molar-refractivity contribution in [1.82, 2.24) is 5.32 Å². The van der Waals surface area contributed by atoms with E-state index in [0.717, 1.165) is 89.9 Å². The topological polar surface area (TPSA) is 120 Å². The smallest absolute Gasteiger partial charge is 0.462 e. The molecular formula is C52H88NO8P. The maximum atomic E-state index is 12.7. The van der Waals surface area contributed by atoms with E-state index in [2.05, 4.69) is 66.5 Å². The number of phosphoric acid groups is 1. The first-order chi connectivity index (χ1) is 30.3. The van der Waals surface area contributed by atoms with Crippen molar-refractivity contribution in [3.63, 3.8) is 0 Å². The van der Waals surface area contributed by atoms with Gasteiger partial charge in [0.05, 0.1) is 13.2 Å². The average Bonchev–Trinajstić information content (AvgIpc) is 3.26. The van der Waals surface area contributed by atoms with Crippen molar-refractivity contribution in [3.05, 3.63) is 0 Å². The lowest BCUT2D eigenvalue weighted by Crippen LogP contribution is -2.29. The van der Waals surface area contributed by atoms with Crippen molar-refractivity contribution in [2.24, 2.45) is 0 Å². The molecule has 0 aromatic carbocycles. The lowest BCUT2D eigenvalue weighted by atomic mass is 10.1. The Labute approximate surface area is 380 Å². The molecule has 0 aromatic heterocycles. The number of carbonyl (C=O) groups excluding carboxylic acids is 2. The van der Waals surface area contributed by atoms with Gasteiger partial charge in [-0.2, -0.15) is 0 Å². The van der Waals surface area contributed by atoms with E-state index in [4.69, 9.17) is 18.5 Å². The molecule has 0 aromatic rings. The number of carbonyl (C=O) groups is 2. The Bertz CT molecular complexity index is 1370. The molecule has 0 saturated heterocycles. The molecule has 9 nitrogen and oxygen atoms in total. The van der Waals surface area contributed by atoms with Crippen LogP contribution in [0.2, 0.25) is 0 Å². The van der Waals surface area contributed by atoms with Crippen LogP contribution in [0.5, 0.6) is 0 Å². The van der Waals surface area contributed by atoms with E-state index in [0.29, 0.717) is 19.4 Å². The lowest BCUT2D eigenvalue weighted by Gasteiger charge is -2.20. The summed E-state index contributed by atoms with van der Waals surface area (Å²) >= 11 is 0. The molecule has 0 aliphatic heterocycles. The first-order valence-electron chi connectivity index (χ1n) is 24.9. The number of likely N-dealkylation sites (N-methyl/N-ethyl adjacent to an activating group) is 1. The minimum atomic E-state index is -4.38. The second-order valence-corrected chi connectivity index (χ2v) is 17.8. The lowest BCUT2D eigenvalue weighted by molar-refractivity contribution is -0.161. The van der Waals surface area contributed by atoms with Crippen LogP contribution in [0, 0.1) is 47.4 Å². The largest absolute Gasteiger partial charge is 0.472 e. The molecule has 0 saturated carbocycles. The Hall–Kier alpha value is -2.75. The first kappa shape index (κ1) is 59.2. The van der Waals surface area contributed by atoms with Crippen LogP contribution in [-0.4, -0.2) is 56.3 Å². The molecule has 0 amide bonds. The molecule has 0 bridgehead atoms. The zero-order chi connectivity index (χ0) is 45.3. The van der Waals surface area contributed by atoms with Gasteiger partial charge in [0.25, 0.3) is 0 Å². The summed E-state index contributed by atoms with van der Waals surface area (Å²) in [5.74, 6) is 23.7. The van der Waals surface area contributed by atoms with Gasteiger partial charge in [-0.3, -0.25) is 18.6 Å². The van der Waals surface area contributed by atoms with E-state index in [-0.39, 0.29) is 26.1 Å². The fourth-order valence-corrected chi connectivity index (χ4v) is 7.35. The van der Waals surface area contributed by atoms with Crippen LogP contribution in [0.15, 0.2) is 0 Å². The standard InChI is InChI=1S/C52H88NO8P/c1-4-6-8-10-12-14-16-18-20-22-24-26-28-30-32-34-36-38-40-42-44-51(54)58-48-50(49-60-62(56,57)59-47-46-53-3)61-52(55)45-43-41-39-37-35-33-31-29-27-25-23-21-19-17-15-13-11-9-7-5-2/h50,53H,4-21,30-49H2,1-3H3,(H,56,57). The molecule has 2 N–H and O–H groups in total. The minimum absolute atomic E-state index is 0.0337. The summed E-state index contributed by atoms with van der Waals surface area (Å²) in [5.41, 5.74) is 0. The molecule has 0 heterocycles. The molecule has 62 heavy (non-hydrogen) atoms. The van der Waals surface area contributed by atoms with Gasteiger partial charge in [0.15, 0.2) is 6.10 Å². The highest BCUT2D eigenvalue weighted by Gasteiger charge is 2.26. The van der Waals surface area contributed by atoms with Crippen LogP contribution in [-0.2, 0) is 32.7 Å². The van der Waals surface area contributed by atoms with Gasteiger partial charge in [0.1, 0.15) is 6.61 Å². The molecule has 2 atom stereocenters. The van der Waals surface area contributed by atoms with Gasteiger partial charge in [-0.15, -0.1) is 0 Å². The van der Waals surface area contributed by atoms with E-state index < -0.39 is 32.5 Å². The average molecular weight is 886 g/mol. The number of unbranched alkanes of at least 4 members (excludes halogenated alkanes) is 28. The SMILES string of the molecule is CCCCCCCCCCC#CC#CCCCCCCCCC(=O)OCC(COP(=O)(O)OCCNC)OC(=O)CCCCCCCCC#CC#CCCCCCCCCCC. The molecule has 354 valence electrons. The fraction of sp³-hybridized carbons (Fsp3) is 0.808. The van der Waals surface area contributed by atoms with Crippen molar-refractivity contribution in [2.75, 3.05) is 33.4 Å². The monoisotopic (exact) mass is 886 g/mol. The van der Waals surface area contributed by atoms with Gasteiger partial charge in [0, 0.05) is 45.1 Å². The molecular weight excluding hydrogens is 798 g/mol. The zero-order valence-corrected chi connectivity index (χ0v) is 40.6. The van der Waals surface area contributed by atoms with E-state index >= 15 is 0 Å². The van der Waals surface area contributed by atoms with Gasteiger partial charge >= 0.3 is 19.8 Å². The Kier molecular flexibility index (Phi) is 45.6. The van der Waals surface area contributed by atoms with Crippen molar-refractivity contribution >= 4 is 19.8 Å². The third-order valence-electron chi connectivity index (χ3n) is 10.4. The summed E-state index contributed by atoms with van der Waals surface area (Å²) in [7, 11) is -2.68. The second kappa shape index (κ2) is 47.7. The van der Waals surface area contributed by atoms with Crippen molar-refractivity contribution in [1.29, 1.82) is 0 Å². The van der Waals surface area contributed by atoms with Crippen molar-refractivity contribution in [2.45, 2.75) is 238 Å². The molecule has 0 spiro atoms. The molecule has 0 radical (unpaired) electrons. The highest BCUT2D eigenvalue weighted by Crippen LogP contribution is 2.43. The van der Waals surface area contributed by atoms with Crippen molar-refractivity contribution in [3.8, 4) is 47.4 Å². The summed E-state index contributed by atoms with van der Waals surface area (Å²) in [6.45, 7) is 4.13. The predicted molar refractivity (Wildman–Crippen MR) is 256 cm³/mol. The fourth-order valence-electron chi connectivity index (χ4n) is 6.60. The second-order valence-electron chi connectivity index (χ2n) is 16.4. The Morgan fingerprint density at radius 2 is 0.855 bits per heavy atom. The Morgan fingerprint density at radius 1 is 0.500 bits per heavy atom. The number of ether oxygens (including phenoxy) is 2. The number of hydrogen-bond donors (Lipinski definition) is 2. The summed E-state index contributed by atoms with van der Waals surface area (Å²) in [4.78, 5) is 35.2. The number of esters is 2. The number of nitrogens with one attached hydrogen (secondary N) is 1. The summed E-state index contributed by atoms with van der Waals surface area (Å²) in [5, 5.41) is 2.82. The Morgan fingerprint density at radius 3 is 1.24 bits per heavy atom. The molecule has 10 heteroatoms. The summed E-state index contributed by atoms with van der Waals surface area (Å²) < 4.78 is 33.2. The number of phosphoric ester groups is 1. The Balaban J connectivity index is 4.23. The predicted octanol–water partition coefficient (Wildman–Crippen LogP) is 13.1. The van der Waals surface area contributed by atoms with Crippen LogP contribution < -0.4 is 5.32 Å². The maximum Gasteiger partial charge on any atom is 0.472 e. The summed E-state index contributed by atoms with van der Waals surface area (Å²) in [6, 6.07) is 0. The minimum Gasteiger partial charge on any atom is -0.462 e. The maximum absolute atomic E-state index is 12.7. The third-order valence-corrected chi connectivity index (χ3v) is 11.4. The van der Waals surface area contributed by atoms with Gasteiger partial charge in [-0.25, -0.2) is 4.57 Å². The van der Waals surface area contributed by atoms with Gasteiger partial charge in [-0.05, 0) is 69.3 Å². The van der Waals surface area contributed by atoms with E-state index in [9.17, 15) is 19.0 Å². The quantitative estimate of drug-likeness (QED) is 0.0267.